The summed E-state index contributed by atoms with van der Waals surface area (Å²) < 4.78 is 0. The summed E-state index contributed by atoms with van der Waals surface area (Å²) in [5.41, 5.74) is 5.29. The number of hydrogen-bond acceptors (Lipinski definition) is 1. The lowest BCUT2D eigenvalue weighted by molar-refractivity contribution is -0.122. The van der Waals surface area contributed by atoms with Crippen molar-refractivity contribution in [2.75, 3.05) is 0 Å². The maximum Gasteiger partial charge on any atom is 0.290 e. The molecule has 0 heterocycles. The van der Waals surface area contributed by atoms with E-state index in [-0.39, 0.29) is 6.47 Å². The van der Waals surface area contributed by atoms with E-state index >= 15 is 0 Å². The molecule has 0 spiro atoms. The lowest BCUT2D eigenvalue weighted by atomic mass is 9.65. The van der Waals surface area contributed by atoms with E-state index in [1.807, 2.05) is 0 Å². The molecule has 25 heavy (non-hydrogen) atoms. The summed E-state index contributed by atoms with van der Waals surface area (Å²) in [5, 5.41) is 6.89. The first-order valence-electron chi connectivity index (χ1n) is 9.60. The third kappa shape index (κ3) is 8.07. The summed E-state index contributed by atoms with van der Waals surface area (Å²) in [5.74, 6) is 1.31. The van der Waals surface area contributed by atoms with Crippen molar-refractivity contribution in [1.29, 1.82) is 0 Å². The normalized spacial score (nSPS) is 14.3. The van der Waals surface area contributed by atoms with Gasteiger partial charge in [-0.25, -0.2) is 0 Å². The van der Waals surface area contributed by atoms with Gasteiger partial charge in [0.05, 0.1) is 0 Å². The summed E-state index contributed by atoms with van der Waals surface area (Å²) in [6, 6.07) is 7.22. The van der Waals surface area contributed by atoms with Crippen LogP contribution >= 0.6 is 0 Å². The van der Waals surface area contributed by atoms with Crippen LogP contribution in [0, 0.1) is 16.7 Å². The van der Waals surface area contributed by atoms with Crippen LogP contribution in [0.25, 0.3) is 0 Å². The van der Waals surface area contributed by atoms with Gasteiger partial charge in [-0.05, 0) is 58.6 Å². The first kappa shape index (κ1) is 23.7. The molecule has 2 nitrogen and oxygen atoms in total. The molecule has 0 radical (unpaired) electrons. The van der Waals surface area contributed by atoms with Gasteiger partial charge in [0.1, 0.15) is 0 Å². The smallest absolute Gasteiger partial charge is 0.290 e. The molecule has 1 aromatic carbocycles. The van der Waals surface area contributed by atoms with Gasteiger partial charge < -0.3 is 5.11 Å². The van der Waals surface area contributed by atoms with Crippen LogP contribution in [0.5, 0.6) is 0 Å². The molecule has 0 aliphatic rings. The lowest BCUT2D eigenvalue weighted by Crippen LogP contribution is -2.30. The van der Waals surface area contributed by atoms with E-state index in [1.165, 1.54) is 23.1 Å². The zero-order chi connectivity index (χ0) is 19.8. The van der Waals surface area contributed by atoms with E-state index in [2.05, 4.69) is 80.5 Å². The summed E-state index contributed by atoms with van der Waals surface area (Å²) in [4.78, 5) is 8.36. The molecule has 1 aromatic rings. The topological polar surface area (TPSA) is 37.3 Å². The molecule has 0 amide bonds. The number of aryl methyl sites for hydroxylation is 2. The molecule has 0 saturated heterocycles. The molecule has 2 unspecified atom stereocenters. The number of carboxylic acid groups (broad SMARTS) is 1. The summed E-state index contributed by atoms with van der Waals surface area (Å²) in [7, 11) is 0. The minimum atomic E-state index is -0.250. The van der Waals surface area contributed by atoms with Crippen molar-refractivity contribution in [2.24, 2.45) is 16.7 Å². The maximum absolute atomic E-state index is 8.36. The van der Waals surface area contributed by atoms with Crippen LogP contribution in [0.3, 0.4) is 0 Å². The average molecular weight is 349 g/mol. The van der Waals surface area contributed by atoms with E-state index in [1.54, 1.807) is 0 Å². The number of benzene rings is 1. The first-order valence-corrected chi connectivity index (χ1v) is 9.60. The summed E-state index contributed by atoms with van der Waals surface area (Å²) in [6.07, 6.45) is 3.56. The molecule has 0 fully saturated rings. The first-order chi connectivity index (χ1) is 11.4. The second kappa shape index (κ2) is 9.99. The van der Waals surface area contributed by atoms with Gasteiger partial charge in [-0.2, -0.15) is 0 Å². The highest BCUT2D eigenvalue weighted by atomic mass is 16.3. The highest BCUT2D eigenvalue weighted by Crippen LogP contribution is 2.44. The van der Waals surface area contributed by atoms with Crippen LogP contribution in [-0.2, 0) is 17.6 Å². The second-order valence-corrected chi connectivity index (χ2v) is 9.37. The number of carbonyl (C=O) groups is 1. The van der Waals surface area contributed by atoms with E-state index in [9.17, 15) is 0 Å². The van der Waals surface area contributed by atoms with Gasteiger partial charge in [0.2, 0.25) is 0 Å². The summed E-state index contributed by atoms with van der Waals surface area (Å²) in [6.45, 7) is 21.0. The zero-order valence-corrected chi connectivity index (χ0v) is 17.9. The van der Waals surface area contributed by atoms with Crippen LogP contribution < -0.4 is 0 Å². The number of rotatable bonds is 5. The highest BCUT2D eigenvalue weighted by Gasteiger charge is 2.33. The van der Waals surface area contributed by atoms with Gasteiger partial charge in [0.15, 0.2) is 0 Å². The molecule has 0 aliphatic carbocycles. The van der Waals surface area contributed by atoms with Crippen LogP contribution in [0.4, 0.5) is 0 Å². The maximum atomic E-state index is 8.36. The van der Waals surface area contributed by atoms with E-state index in [4.69, 9.17) is 9.90 Å². The van der Waals surface area contributed by atoms with Gasteiger partial charge in [-0.15, -0.1) is 0 Å². The van der Waals surface area contributed by atoms with Crippen molar-refractivity contribution in [3.8, 4) is 0 Å². The predicted molar refractivity (Wildman–Crippen MR) is 109 cm³/mol. The Morgan fingerprint density at radius 3 is 1.84 bits per heavy atom. The summed E-state index contributed by atoms with van der Waals surface area (Å²) >= 11 is 0. The van der Waals surface area contributed by atoms with Gasteiger partial charge in [0.25, 0.3) is 6.47 Å². The number of hydrogen-bond donors (Lipinski definition) is 1. The fourth-order valence-electron chi connectivity index (χ4n) is 3.73. The average Bonchev–Trinajstić information content (AvgIpc) is 2.50. The van der Waals surface area contributed by atoms with Crippen LogP contribution in [-0.4, -0.2) is 11.6 Å². The molecule has 0 aliphatic heterocycles. The van der Waals surface area contributed by atoms with Crippen molar-refractivity contribution in [2.45, 2.75) is 87.5 Å². The molecular weight excluding hydrogens is 308 g/mol. The minimum Gasteiger partial charge on any atom is -0.483 e. The molecule has 2 heteroatoms. The van der Waals surface area contributed by atoms with Crippen molar-refractivity contribution in [3.05, 3.63) is 34.9 Å². The van der Waals surface area contributed by atoms with E-state index in [0.29, 0.717) is 22.7 Å². The zero-order valence-electron chi connectivity index (χ0n) is 17.9. The van der Waals surface area contributed by atoms with E-state index in [0.717, 1.165) is 12.8 Å². The van der Waals surface area contributed by atoms with E-state index < -0.39 is 0 Å². The Labute approximate surface area is 156 Å². The predicted octanol–water partition coefficient (Wildman–Crippen LogP) is 6.71. The van der Waals surface area contributed by atoms with Crippen molar-refractivity contribution >= 4 is 6.47 Å². The standard InChI is InChI=1S/C22H38.CH2O2/c1-10-17-12-13-19(14-18(17)11-2)16(3)20(22(7,8)9)15-21(4,5)6;2-1-3/h12-14,16,20H,10-11,15H2,1-9H3;1H,(H,2,3). The van der Waals surface area contributed by atoms with Gasteiger partial charge in [-0.1, -0.05) is 80.5 Å². The van der Waals surface area contributed by atoms with Crippen molar-refractivity contribution in [1.82, 2.24) is 0 Å². The third-order valence-electron chi connectivity index (χ3n) is 5.07. The minimum absolute atomic E-state index is 0.250. The lowest BCUT2D eigenvalue weighted by Gasteiger charge is -2.40. The molecule has 1 N–H and O–H groups in total. The molecule has 2 atom stereocenters. The second-order valence-electron chi connectivity index (χ2n) is 9.37. The van der Waals surface area contributed by atoms with Crippen LogP contribution in [0.2, 0.25) is 0 Å². The third-order valence-corrected chi connectivity index (χ3v) is 5.07. The van der Waals surface area contributed by atoms with Gasteiger partial charge >= 0.3 is 0 Å². The molecule has 0 aromatic heterocycles. The van der Waals surface area contributed by atoms with Gasteiger partial charge in [-0.3, -0.25) is 4.79 Å². The Hall–Kier alpha value is -1.31. The largest absolute Gasteiger partial charge is 0.483 e. The quantitative estimate of drug-likeness (QED) is 0.600. The van der Waals surface area contributed by atoms with Crippen LogP contribution in [0.1, 0.15) is 91.3 Å². The fourth-order valence-corrected chi connectivity index (χ4v) is 3.73. The van der Waals surface area contributed by atoms with Crippen molar-refractivity contribution in [3.63, 3.8) is 0 Å². The highest BCUT2D eigenvalue weighted by molar-refractivity contribution is 5.34. The Kier molecular flexibility index (Phi) is 9.47. The fraction of sp³-hybridized carbons (Fsp3) is 0.696. The Balaban J connectivity index is 0.00000178. The molecule has 144 valence electrons. The van der Waals surface area contributed by atoms with Gasteiger partial charge in [0, 0.05) is 0 Å². The molecule has 0 saturated carbocycles. The Bertz CT molecular complexity index is 518. The SMILES string of the molecule is CCc1ccc(C(C)C(CC(C)(C)C)C(C)(C)C)cc1CC.O=CO. The Morgan fingerprint density at radius 2 is 1.48 bits per heavy atom. The van der Waals surface area contributed by atoms with Crippen LogP contribution in [0.15, 0.2) is 18.2 Å². The molecule has 0 bridgehead atoms. The molecular formula is C23H40O2. The molecule has 1 rings (SSSR count). The Morgan fingerprint density at radius 1 is 1.00 bits per heavy atom. The van der Waals surface area contributed by atoms with Crippen molar-refractivity contribution < 1.29 is 9.90 Å². The monoisotopic (exact) mass is 348 g/mol.